The molecule has 0 saturated carbocycles. The Bertz CT molecular complexity index is 787. The molecule has 0 aliphatic carbocycles. The minimum atomic E-state index is 0.358. The Morgan fingerprint density at radius 2 is 1.76 bits per heavy atom. The number of hydrogen-bond acceptors (Lipinski definition) is 4. The van der Waals surface area contributed by atoms with Crippen LogP contribution in [0.5, 0.6) is 0 Å². The second-order valence-electron chi connectivity index (χ2n) is 5.36. The quantitative estimate of drug-likeness (QED) is 0.798. The van der Waals surface area contributed by atoms with Crippen LogP contribution in [0.25, 0.3) is 5.65 Å². The van der Waals surface area contributed by atoms with Gasteiger partial charge in [0, 0.05) is 17.7 Å². The summed E-state index contributed by atoms with van der Waals surface area (Å²) in [5, 5.41) is 8.50. The highest BCUT2D eigenvalue weighted by molar-refractivity contribution is 5.52. The molecule has 3 aromatic rings. The molecule has 2 aromatic heterocycles. The number of nitrogens with zero attached hydrogens (tertiary/aromatic N) is 4. The number of hydrogen-bond donors (Lipinski definition) is 1. The fraction of sp³-hybridized carbons (Fsp3) is 0.312. The van der Waals surface area contributed by atoms with E-state index in [0.717, 1.165) is 35.0 Å². The Morgan fingerprint density at radius 3 is 2.43 bits per heavy atom. The van der Waals surface area contributed by atoms with Crippen LogP contribution in [0.15, 0.2) is 24.3 Å². The van der Waals surface area contributed by atoms with Gasteiger partial charge < -0.3 is 5.73 Å². The van der Waals surface area contributed by atoms with Gasteiger partial charge >= 0.3 is 0 Å². The van der Waals surface area contributed by atoms with Crippen LogP contribution in [-0.4, -0.2) is 19.6 Å². The maximum Gasteiger partial charge on any atom is 0.167 e. The van der Waals surface area contributed by atoms with Crippen molar-refractivity contribution in [1.82, 2.24) is 19.6 Å². The second-order valence-corrected chi connectivity index (χ2v) is 5.36. The van der Waals surface area contributed by atoms with Crippen molar-refractivity contribution in [1.29, 1.82) is 0 Å². The van der Waals surface area contributed by atoms with Gasteiger partial charge in [-0.3, -0.25) is 4.40 Å². The zero-order valence-corrected chi connectivity index (χ0v) is 12.6. The summed E-state index contributed by atoms with van der Waals surface area (Å²) in [6.45, 7) is 6.43. The molecule has 108 valence electrons. The van der Waals surface area contributed by atoms with Gasteiger partial charge in [-0.2, -0.15) is 0 Å². The molecule has 5 heteroatoms. The lowest BCUT2D eigenvalue weighted by atomic mass is 10.0. The van der Waals surface area contributed by atoms with Crippen molar-refractivity contribution in [3.05, 3.63) is 58.3 Å². The SMILES string of the molecule is Cc1ccc(Cc2c(C)nc(C)n3c(CN)nnc23)cc1. The molecular weight excluding hydrogens is 262 g/mol. The van der Waals surface area contributed by atoms with Crippen LogP contribution in [-0.2, 0) is 13.0 Å². The lowest BCUT2D eigenvalue weighted by Gasteiger charge is -2.10. The standard InChI is InChI=1S/C16H19N5/c1-10-4-6-13(7-5-10)8-14-11(2)18-12(3)21-15(9-17)19-20-16(14)21/h4-7H,8-9,17H2,1-3H3. The molecule has 0 radical (unpaired) electrons. The van der Waals surface area contributed by atoms with Crippen LogP contribution in [0, 0.1) is 20.8 Å². The first-order valence-corrected chi connectivity index (χ1v) is 7.06. The summed E-state index contributed by atoms with van der Waals surface area (Å²) >= 11 is 0. The van der Waals surface area contributed by atoms with Gasteiger partial charge in [-0.05, 0) is 26.3 Å². The van der Waals surface area contributed by atoms with E-state index in [1.807, 2.05) is 18.2 Å². The van der Waals surface area contributed by atoms with Gasteiger partial charge in [-0.15, -0.1) is 10.2 Å². The van der Waals surface area contributed by atoms with Crippen molar-refractivity contribution < 1.29 is 0 Å². The van der Waals surface area contributed by atoms with Crippen molar-refractivity contribution >= 4 is 5.65 Å². The molecule has 0 amide bonds. The topological polar surface area (TPSA) is 69.1 Å². The summed E-state index contributed by atoms with van der Waals surface area (Å²) in [5.74, 6) is 1.63. The highest BCUT2D eigenvalue weighted by Crippen LogP contribution is 2.19. The highest BCUT2D eigenvalue weighted by Gasteiger charge is 2.15. The minimum Gasteiger partial charge on any atom is -0.324 e. The second kappa shape index (κ2) is 5.26. The maximum atomic E-state index is 5.74. The van der Waals surface area contributed by atoms with E-state index in [0.29, 0.717) is 6.54 Å². The van der Waals surface area contributed by atoms with Crippen LogP contribution in [0.3, 0.4) is 0 Å². The smallest absolute Gasteiger partial charge is 0.167 e. The lowest BCUT2D eigenvalue weighted by molar-refractivity contribution is 0.836. The fourth-order valence-corrected chi connectivity index (χ4v) is 2.62. The Kier molecular flexibility index (Phi) is 3.43. The summed E-state index contributed by atoms with van der Waals surface area (Å²) in [5.41, 5.74) is 11.2. The van der Waals surface area contributed by atoms with Crippen LogP contribution in [0.1, 0.15) is 34.0 Å². The third kappa shape index (κ3) is 2.40. The average Bonchev–Trinajstić information content (AvgIpc) is 2.89. The van der Waals surface area contributed by atoms with E-state index in [2.05, 4.69) is 46.4 Å². The molecule has 0 saturated heterocycles. The van der Waals surface area contributed by atoms with Gasteiger partial charge in [-0.1, -0.05) is 29.8 Å². The van der Waals surface area contributed by atoms with Crippen LogP contribution in [0.2, 0.25) is 0 Å². The Hall–Kier alpha value is -2.27. The van der Waals surface area contributed by atoms with Crippen molar-refractivity contribution in [2.24, 2.45) is 5.73 Å². The monoisotopic (exact) mass is 281 g/mol. The summed E-state index contributed by atoms with van der Waals surface area (Å²) in [6, 6.07) is 8.54. The highest BCUT2D eigenvalue weighted by atomic mass is 15.3. The molecule has 3 rings (SSSR count). The summed E-state index contributed by atoms with van der Waals surface area (Å²) in [7, 11) is 0. The van der Waals surface area contributed by atoms with Gasteiger partial charge in [0.05, 0.1) is 6.54 Å². The van der Waals surface area contributed by atoms with Gasteiger partial charge in [0.15, 0.2) is 11.5 Å². The van der Waals surface area contributed by atoms with Crippen molar-refractivity contribution in [2.45, 2.75) is 33.7 Å². The normalized spacial score (nSPS) is 11.2. The van der Waals surface area contributed by atoms with E-state index >= 15 is 0 Å². The molecule has 2 N–H and O–H groups in total. The first-order valence-electron chi connectivity index (χ1n) is 7.06. The first-order chi connectivity index (χ1) is 10.1. The van der Waals surface area contributed by atoms with Gasteiger partial charge in [0.1, 0.15) is 5.82 Å². The summed E-state index contributed by atoms with van der Waals surface area (Å²) in [6.07, 6.45) is 0.797. The average molecular weight is 281 g/mol. The minimum absolute atomic E-state index is 0.358. The van der Waals surface area contributed by atoms with Crippen molar-refractivity contribution in [3.63, 3.8) is 0 Å². The van der Waals surface area contributed by atoms with Gasteiger partial charge in [0.2, 0.25) is 0 Å². The molecule has 21 heavy (non-hydrogen) atoms. The molecule has 0 fully saturated rings. The summed E-state index contributed by atoms with van der Waals surface area (Å²) < 4.78 is 1.95. The third-order valence-corrected chi connectivity index (χ3v) is 3.77. The number of benzene rings is 1. The largest absolute Gasteiger partial charge is 0.324 e. The number of fused-ring (bicyclic) bond motifs is 1. The van der Waals surface area contributed by atoms with E-state index in [4.69, 9.17) is 5.73 Å². The van der Waals surface area contributed by atoms with Gasteiger partial charge in [0.25, 0.3) is 0 Å². The predicted molar refractivity (Wildman–Crippen MR) is 82.1 cm³/mol. The van der Waals surface area contributed by atoms with Crippen LogP contribution >= 0.6 is 0 Å². The Balaban J connectivity index is 2.13. The molecule has 0 spiro atoms. The van der Waals surface area contributed by atoms with E-state index in [9.17, 15) is 0 Å². The van der Waals surface area contributed by atoms with Crippen LogP contribution in [0.4, 0.5) is 0 Å². The summed E-state index contributed by atoms with van der Waals surface area (Å²) in [4.78, 5) is 4.62. The number of aromatic nitrogens is 4. The number of aryl methyl sites for hydroxylation is 3. The fourth-order valence-electron chi connectivity index (χ4n) is 2.62. The van der Waals surface area contributed by atoms with E-state index < -0.39 is 0 Å². The zero-order chi connectivity index (χ0) is 15.0. The molecular formula is C16H19N5. The predicted octanol–water partition coefficient (Wildman–Crippen LogP) is 2.10. The number of rotatable bonds is 3. The first kappa shape index (κ1) is 13.7. The zero-order valence-electron chi connectivity index (χ0n) is 12.6. The van der Waals surface area contributed by atoms with E-state index in [1.165, 1.54) is 11.1 Å². The van der Waals surface area contributed by atoms with Gasteiger partial charge in [-0.25, -0.2) is 4.98 Å². The van der Waals surface area contributed by atoms with E-state index in [1.54, 1.807) is 0 Å². The number of nitrogens with two attached hydrogens (primary N) is 1. The van der Waals surface area contributed by atoms with Crippen molar-refractivity contribution in [2.75, 3.05) is 0 Å². The van der Waals surface area contributed by atoms with Crippen molar-refractivity contribution in [3.8, 4) is 0 Å². The molecule has 0 aliphatic rings. The Morgan fingerprint density at radius 1 is 1.05 bits per heavy atom. The molecule has 0 bridgehead atoms. The van der Waals surface area contributed by atoms with Crippen LogP contribution < -0.4 is 5.73 Å². The molecule has 1 aromatic carbocycles. The molecule has 0 unspecified atom stereocenters. The Labute approximate surface area is 123 Å². The molecule has 5 nitrogen and oxygen atoms in total. The molecule has 2 heterocycles. The molecule has 0 atom stereocenters. The maximum absolute atomic E-state index is 5.74. The third-order valence-electron chi connectivity index (χ3n) is 3.77. The lowest BCUT2D eigenvalue weighted by Crippen LogP contribution is -2.09. The van der Waals surface area contributed by atoms with E-state index in [-0.39, 0.29) is 0 Å². The molecule has 0 aliphatic heterocycles.